The predicted molar refractivity (Wildman–Crippen MR) is 288 cm³/mol. The van der Waals surface area contributed by atoms with E-state index >= 15 is 0 Å². The molecular weight excluding hydrogens is 1250 g/mol. The number of aromatic nitrogens is 6. The molecule has 3 heterocycles. The van der Waals surface area contributed by atoms with Crippen molar-refractivity contribution >= 4 is 22.1 Å². The number of rotatable bonds is 6. The van der Waals surface area contributed by atoms with Gasteiger partial charge in [0.15, 0.2) is 0 Å². The summed E-state index contributed by atoms with van der Waals surface area (Å²) in [5.74, 6) is 1.94. The number of hydrogen-bond acceptors (Lipinski definition) is 6. The monoisotopic (exact) mass is 1320 g/mol. The summed E-state index contributed by atoms with van der Waals surface area (Å²) >= 11 is 0. The smallest absolute Gasteiger partial charge is 0.143 e. The number of aryl methyl sites for hydroxylation is 4. The van der Waals surface area contributed by atoms with Crippen molar-refractivity contribution in [2.24, 2.45) is 14.1 Å². The first-order valence-electron chi connectivity index (χ1n) is 24.3. The van der Waals surface area contributed by atoms with Crippen LogP contribution in [0.1, 0.15) is 116 Å². The number of imidazole rings is 2. The molecule has 378 valence electrons. The van der Waals surface area contributed by atoms with Gasteiger partial charge in [0, 0.05) is 78.7 Å². The molecule has 0 amide bonds. The van der Waals surface area contributed by atoms with E-state index in [0.29, 0.717) is 11.6 Å². The van der Waals surface area contributed by atoms with Gasteiger partial charge in [0.05, 0.1) is 39.5 Å². The van der Waals surface area contributed by atoms with Gasteiger partial charge in [-0.05, 0) is 57.1 Å². The van der Waals surface area contributed by atoms with Gasteiger partial charge in [-0.25, -0.2) is 9.97 Å². The molecular formula is C62H66N6O2Pt2-2. The molecule has 0 saturated heterocycles. The van der Waals surface area contributed by atoms with Crippen LogP contribution in [0.25, 0.3) is 89.6 Å². The molecule has 0 saturated carbocycles. The van der Waals surface area contributed by atoms with E-state index in [9.17, 15) is 10.2 Å². The van der Waals surface area contributed by atoms with Crippen LogP contribution < -0.4 is 0 Å². The second-order valence-electron chi connectivity index (χ2n) is 23.4. The van der Waals surface area contributed by atoms with Crippen LogP contribution >= 0.6 is 0 Å². The van der Waals surface area contributed by atoms with Crippen molar-refractivity contribution in [3.63, 3.8) is 0 Å². The summed E-state index contributed by atoms with van der Waals surface area (Å²) in [5.41, 5.74) is 17.2. The molecule has 0 aliphatic carbocycles. The Bertz CT molecular complexity index is 3330. The summed E-state index contributed by atoms with van der Waals surface area (Å²) in [6.07, 6.45) is 1.61. The van der Waals surface area contributed by atoms with Crippen molar-refractivity contribution in [2.45, 2.75) is 119 Å². The first-order valence-corrected chi connectivity index (χ1v) is 24.3. The fourth-order valence-electron chi connectivity index (χ4n) is 9.61. The number of nitrogens with zero attached hydrogens (tertiary/aromatic N) is 6. The van der Waals surface area contributed by atoms with Crippen LogP contribution in [-0.2, 0) is 77.9 Å². The molecule has 6 aromatic carbocycles. The summed E-state index contributed by atoms with van der Waals surface area (Å²) in [6, 6.07) is 38.9. The topological polar surface area (TPSA) is 102 Å². The Morgan fingerprint density at radius 2 is 0.806 bits per heavy atom. The fourth-order valence-corrected chi connectivity index (χ4v) is 9.61. The van der Waals surface area contributed by atoms with Gasteiger partial charge in [-0.2, -0.15) is 0 Å². The minimum Gasteiger partial charge on any atom is -0.507 e. The Morgan fingerprint density at radius 3 is 1.15 bits per heavy atom. The average molecular weight is 1320 g/mol. The Hall–Kier alpha value is -5.68. The number of para-hydroxylation sites is 2. The number of aromatic hydroxyl groups is 2. The SMILES string of the molecule is Cc1cc(-c2cc(-c3[c-]c(-c4cccc5c4nc(-c4cc(C(C)(C)C)cc(C(C)(C)C)c4O)n5C)cc(C)c3)ncn2)[c-]c(-c2cccc3c2nc(-c2cc(C(C)(C)C)cc(C(C)(C)C)c2O)n3C)c1.[Pt].[Pt]. The van der Waals surface area contributed by atoms with Crippen LogP contribution in [0.4, 0.5) is 0 Å². The van der Waals surface area contributed by atoms with Crippen LogP contribution in [-0.4, -0.2) is 39.3 Å². The zero-order valence-electron chi connectivity index (χ0n) is 44.4. The van der Waals surface area contributed by atoms with E-state index in [1.807, 2.05) is 20.2 Å². The van der Waals surface area contributed by atoms with Crippen molar-refractivity contribution in [2.75, 3.05) is 0 Å². The second kappa shape index (κ2) is 19.3. The van der Waals surface area contributed by atoms with Crippen LogP contribution in [0.3, 0.4) is 0 Å². The Morgan fingerprint density at radius 1 is 0.444 bits per heavy atom. The zero-order valence-corrected chi connectivity index (χ0v) is 49.0. The second-order valence-corrected chi connectivity index (χ2v) is 23.4. The van der Waals surface area contributed by atoms with E-state index in [-0.39, 0.29) is 75.3 Å². The molecule has 0 fully saturated rings. The zero-order chi connectivity index (χ0) is 50.6. The number of hydrogen-bond donors (Lipinski definition) is 2. The number of fused-ring (bicyclic) bond motifs is 2. The molecule has 8 nitrogen and oxygen atoms in total. The molecule has 10 heteroatoms. The van der Waals surface area contributed by atoms with Crippen molar-refractivity contribution in [3.05, 3.63) is 143 Å². The van der Waals surface area contributed by atoms with Gasteiger partial charge < -0.3 is 19.3 Å². The molecule has 0 unspecified atom stereocenters. The molecule has 2 N–H and O–H groups in total. The minimum atomic E-state index is -0.272. The van der Waals surface area contributed by atoms with Crippen LogP contribution in [0.2, 0.25) is 0 Å². The van der Waals surface area contributed by atoms with E-state index in [2.05, 4.69) is 203 Å². The maximum atomic E-state index is 11.9. The summed E-state index contributed by atoms with van der Waals surface area (Å²) in [6.45, 7) is 30.2. The molecule has 0 aliphatic rings. The maximum Gasteiger partial charge on any atom is 0.143 e. The third-order valence-electron chi connectivity index (χ3n) is 13.7. The number of phenols is 2. The van der Waals surface area contributed by atoms with E-state index in [1.165, 1.54) is 0 Å². The van der Waals surface area contributed by atoms with E-state index < -0.39 is 0 Å². The maximum absolute atomic E-state index is 11.9. The molecule has 0 aliphatic heterocycles. The third-order valence-corrected chi connectivity index (χ3v) is 13.7. The average Bonchev–Trinajstić information content (AvgIpc) is 3.80. The molecule has 0 bridgehead atoms. The third kappa shape index (κ3) is 10.0. The fraction of sp³-hybridized carbons (Fsp3) is 0.323. The summed E-state index contributed by atoms with van der Waals surface area (Å²) in [4.78, 5) is 20.2. The van der Waals surface area contributed by atoms with Crippen LogP contribution in [0.5, 0.6) is 11.5 Å². The number of benzene rings is 6. The van der Waals surface area contributed by atoms with Gasteiger partial charge >= 0.3 is 0 Å². The molecule has 9 rings (SSSR count). The Kier molecular flexibility index (Phi) is 14.5. The van der Waals surface area contributed by atoms with E-state index in [4.69, 9.17) is 19.9 Å². The molecule has 0 radical (unpaired) electrons. The molecule has 0 atom stereocenters. The molecule has 9 aromatic rings. The van der Waals surface area contributed by atoms with Gasteiger partial charge in [0.1, 0.15) is 23.1 Å². The van der Waals surface area contributed by atoms with Gasteiger partial charge in [-0.3, -0.25) is 9.97 Å². The molecule has 72 heavy (non-hydrogen) atoms. The summed E-state index contributed by atoms with van der Waals surface area (Å²) < 4.78 is 4.17. The standard InChI is InChI=1S/C62H66N6O2.2Pt/c1-35-23-37(43-19-17-21-51-53(43)65-57(67(51)15)45-29-41(59(3,4)5)31-47(55(45)69)61(9,10)11)27-39(25-35)49-33-50(64-34-63-49)40-26-36(2)24-38(28-40)44-20-18-22-52-54(44)66-58(68(52)16)46-30-42(60(6,7)8)32-48(56(46)70)62(12,13)14;;/h17-26,29-34,69-70H,1-16H3;;/q-2;;. The van der Waals surface area contributed by atoms with E-state index in [0.717, 1.165) is 111 Å². The minimum absolute atomic E-state index is 0. The van der Waals surface area contributed by atoms with E-state index in [1.54, 1.807) is 6.33 Å². The summed E-state index contributed by atoms with van der Waals surface area (Å²) in [7, 11) is 4.04. The largest absolute Gasteiger partial charge is 0.507 e. The molecule has 0 spiro atoms. The molecule has 3 aromatic heterocycles. The first kappa shape index (κ1) is 54.1. The van der Waals surface area contributed by atoms with Gasteiger partial charge in [-0.15, -0.1) is 58.7 Å². The first-order chi connectivity index (χ1) is 32.7. The normalized spacial score (nSPS) is 12.3. The Labute approximate surface area is 455 Å². The van der Waals surface area contributed by atoms with Crippen molar-refractivity contribution < 1.29 is 52.3 Å². The van der Waals surface area contributed by atoms with Crippen LogP contribution in [0, 0.1) is 26.0 Å². The predicted octanol–water partition coefficient (Wildman–Crippen LogP) is 15.1. The van der Waals surface area contributed by atoms with Crippen LogP contribution in [0.15, 0.2) is 97.3 Å². The van der Waals surface area contributed by atoms with Crippen molar-refractivity contribution in [1.29, 1.82) is 0 Å². The van der Waals surface area contributed by atoms with Crippen molar-refractivity contribution in [3.8, 4) is 79.0 Å². The van der Waals surface area contributed by atoms with Gasteiger partial charge in [0.2, 0.25) is 0 Å². The Balaban J connectivity index is 0.00000380. The number of phenolic OH excluding ortho intramolecular Hbond substituents is 2. The van der Waals surface area contributed by atoms with Crippen molar-refractivity contribution in [1.82, 2.24) is 29.1 Å². The van der Waals surface area contributed by atoms with Gasteiger partial charge in [0.25, 0.3) is 0 Å². The quantitative estimate of drug-likeness (QED) is 0.161. The summed E-state index contributed by atoms with van der Waals surface area (Å²) in [5, 5.41) is 23.7. The van der Waals surface area contributed by atoms with Gasteiger partial charge in [-0.1, -0.05) is 162 Å².